The van der Waals surface area contributed by atoms with Gasteiger partial charge in [-0.3, -0.25) is 0 Å². The molecule has 6 aromatic carbocycles. The van der Waals surface area contributed by atoms with E-state index in [1.165, 1.54) is 59.0 Å². The number of nitrogens with zero attached hydrogens (tertiary/aromatic N) is 1. The van der Waals surface area contributed by atoms with E-state index < -0.39 is 11.6 Å². The molecule has 1 unspecified atom stereocenters. The number of hydrogen-bond acceptors (Lipinski definition) is 12. The van der Waals surface area contributed by atoms with Gasteiger partial charge in [-0.1, -0.05) is 118 Å². The van der Waals surface area contributed by atoms with E-state index in [2.05, 4.69) is 141 Å². The van der Waals surface area contributed by atoms with Gasteiger partial charge in [0.05, 0.1) is 86.4 Å². The van der Waals surface area contributed by atoms with Crippen LogP contribution < -0.4 is 19.1 Å². The van der Waals surface area contributed by atoms with Crippen LogP contribution in [0, 0.1) is 5.41 Å². The van der Waals surface area contributed by atoms with E-state index in [9.17, 15) is 4.79 Å². The van der Waals surface area contributed by atoms with Crippen molar-refractivity contribution < 1.29 is 52.2 Å². The molecule has 12 heteroatoms. The van der Waals surface area contributed by atoms with Crippen molar-refractivity contribution in [2.45, 2.75) is 70.3 Å². The SMILES string of the molecule is C=C(C)C(=O)OCCOCCOCCOCCOCCOCCOc1ccc(C2(c3ccc(N4CCOCC4)cc3)C=Cc3c4c(c5cc(-c6ccccc6)c(OC)cc5c3O2)-c2ccccc2C42CCC(CC)(CC)CC2)cc1. The Morgan fingerprint density at radius 2 is 1.21 bits per heavy atom. The summed E-state index contributed by atoms with van der Waals surface area (Å²) in [4.78, 5) is 13.8. The summed E-state index contributed by atoms with van der Waals surface area (Å²) in [6.45, 7) is 17.9. The molecular formula is C68H79NO11. The van der Waals surface area contributed by atoms with Gasteiger partial charge in [0, 0.05) is 57.4 Å². The molecule has 4 aliphatic rings. The highest BCUT2D eigenvalue weighted by Crippen LogP contribution is 2.65. The first-order valence-corrected chi connectivity index (χ1v) is 28.9. The van der Waals surface area contributed by atoms with E-state index in [0.717, 1.165) is 76.4 Å². The fourth-order valence-electron chi connectivity index (χ4n) is 12.4. The van der Waals surface area contributed by atoms with Crippen LogP contribution in [0.2, 0.25) is 0 Å². The van der Waals surface area contributed by atoms with Gasteiger partial charge >= 0.3 is 5.97 Å². The van der Waals surface area contributed by atoms with Crippen LogP contribution in [0.4, 0.5) is 5.69 Å². The van der Waals surface area contributed by atoms with Crippen molar-refractivity contribution in [1.82, 2.24) is 0 Å². The van der Waals surface area contributed by atoms with Crippen molar-refractivity contribution in [3.05, 3.63) is 161 Å². The van der Waals surface area contributed by atoms with Gasteiger partial charge in [-0.25, -0.2) is 4.79 Å². The maximum absolute atomic E-state index is 11.4. The number of rotatable bonds is 27. The maximum atomic E-state index is 11.4. The summed E-state index contributed by atoms with van der Waals surface area (Å²) in [7, 11) is 1.77. The van der Waals surface area contributed by atoms with Crippen molar-refractivity contribution in [2.24, 2.45) is 5.41 Å². The second-order valence-corrected chi connectivity index (χ2v) is 21.5. The maximum Gasteiger partial charge on any atom is 0.333 e. The van der Waals surface area contributed by atoms with Gasteiger partial charge in [-0.15, -0.1) is 0 Å². The Balaban J connectivity index is 0.859. The first-order valence-electron chi connectivity index (χ1n) is 28.9. The van der Waals surface area contributed by atoms with Crippen LogP contribution in [0.5, 0.6) is 17.2 Å². The highest BCUT2D eigenvalue weighted by Gasteiger charge is 2.52. The van der Waals surface area contributed by atoms with Gasteiger partial charge in [0.2, 0.25) is 0 Å². The molecule has 80 heavy (non-hydrogen) atoms. The summed E-state index contributed by atoms with van der Waals surface area (Å²) >= 11 is 0. The molecule has 10 rings (SSSR count). The average Bonchev–Trinajstić information content (AvgIpc) is 3.83. The lowest BCUT2D eigenvalue weighted by molar-refractivity contribution is -0.140. The fourth-order valence-corrected chi connectivity index (χ4v) is 12.4. The molecule has 1 atom stereocenters. The van der Waals surface area contributed by atoms with Crippen LogP contribution in [0.25, 0.3) is 39.1 Å². The van der Waals surface area contributed by atoms with Gasteiger partial charge in [0.15, 0.2) is 5.60 Å². The number of anilines is 1. The van der Waals surface area contributed by atoms with Crippen molar-refractivity contribution in [2.75, 3.05) is 118 Å². The molecule has 1 spiro atoms. The Morgan fingerprint density at radius 1 is 0.637 bits per heavy atom. The topological polar surface area (TPSA) is 113 Å². The Labute approximate surface area is 472 Å². The predicted octanol–water partition coefficient (Wildman–Crippen LogP) is 12.9. The van der Waals surface area contributed by atoms with Crippen LogP contribution in [0.3, 0.4) is 0 Å². The highest BCUT2D eigenvalue weighted by atomic mass is 16.6. The zero-order valence-electron chi connectivity index (χ0n) is 47.3. The zero-order chi connectivity index (χ0) is 55.4. The van der Waals surface area contributed by atoms with Gasteiger partial charge in [0.1, 0.15) is 30.5 Å². The molecule has 6 aromatic rings. The van der Waals surface area contributed by atoms with E-state index in [1.807, 2.05) is 12.1 Å². The van der Waals surface area contributed by atoms with E-state index in [4.69, 9.17) is 47.4 Å². The fraction of sp³-hybridized carbons (Fsp3) is 0.426. The number of ether oxygens (including phenoxy) is 10. The van der Waals surface area contributed by atoms with Gasteiger partial charge in [-0.2, -0.15) is 0 Å². The normalized spacial score (nSPS) is 17.6. The van der Waals surface area contributed by atoms with Crippen LogP contribution in [0.15, 0.2) is 133 Å². The number of esters is 1. The van der Waals surface area contributed by atoms with E-state index in [-0.39, 0.29) is 12.0 Å². The molecule has 0 aromatic heterocycles. The number of methoxy groups -OCH3 is 1. The average molecular weight is 1090 g/mol. The summed E-state index contributed by atoms with van der Waals surface area (Å²) < 4.78 is 59.3. The summed E-state index contributed by atoms with van der Waals surface area (Å²) in [5.74, 6) is 2.01. The molecule has 12 nitrogen and oxygen atoms in total. The van der Waals surface area contributed by atoms with Gasteiger partial charge in [-0.05, 0) is 114 Å². The summed E-state index contributed by atoms with van der Waals surface area (Å²) in [6, 6.07) is 41.8. The van der Waals surface area contributed by atoms with Crippen molar-refractivity contribution in [3.8, 4) is 39.5 Å². The summed E-state index contributed by atoms with van der Waals surface area (Å²) in [5.41, 5.74) is 11.6. The van der Waals surface area contributed by atoms with E-state index >= 15 is 0 Å². The Kier molecular flexibility index (Phi) is 18.7. The summed E-state index contributed by atoms with van der Waals surface area (Å²) in [6.07, 6.45) is 11.7. The van der Waals surface area contributed by atoms with Crippen LogP contribution in [-0.4, -0.2) is 119 Å². The number of carbonyl (C=O) groups is 1. The van der Waals surface area contributed by atoms with Crippen LogP contribution >= 0.6 is 0 Å². The van der Waals surface area contributed by atoms with Crippen molar-refractivity contribution in [3.63, 3.8) is 0 Å². The number of benzene rings is 6. The minimum absolute atomic E-state index is 0.161. The van der Waals surface area contributed by atoms with Gasteiger partial charge < -0.3 is 52.3 Å². The minimum Gasteiger partial charge on any atom is -0.496 e. The lowest BCUT2D eigenvalue weighted by Gasteiger charge is -2.47. The molecule has 422 valence electrons. The smallest absolute Gasteiger partial charge is 0.333 e. The third-order valence-corrected chi connectivity index (χ3v) is 17.1. The van der Waals surface area contributed by atoms with Crippen molar-refractivity contribution >= 4 is 28.5 Å². The molecule has 1 saturated carbocycles. The molecule has 2 aliphatic heterocycles. The molecule has 2 aliphatic carbocycles. The molecule has 0 radical (unpaired) electrons. The number of hydrogen-bond donors (Lipinski definition) is 0. The molecular weight excluding hydrogens is 1010 g/mol. The van der Waals surface area contributed by atoms with Crippen LogP contribution in [0.1, 0.15) is 87.1 Å². The lowest BCUT2D eigenvalue weighted by atomic mass is 9.58. The lowest BCUT2D eigenvalue weighted by Crippen LogP contribution is -2.38. The van der Waals surface area contributed by atoms with E-state index in [0.29, 0.717) is 96.9 Å². The van der Waals surface area contributed by atoms with E-state index in [1.54, 1.807) is 14.0 Å². The second-order valence-electron chi connectivity index (χ2n) is 21.5. The second kappa shape index (κ2) is 26.4. The summed E-state index contributed by atoms with van der Waals surface area (Å²) in [5, 5.41) is 2.21. The predicted molar refractivity (Wildman–Crippen MR) is 315 cm³/mol. The quantitative estimate of drug-likeness (QED) is 0.0278. The van der Waals surface area contributed by atoms with Crippen molar-refractivity contribution in [1.29, 1.82) is 0 Å². The monoisotopic (exact) mass is 1090 g/mol. The minimum atomic E-state index is -0.990. The number of morpholine rings is 1. The largest absolute Gasteiger partial charge is 0.496 e. The molecule has 0 N–H and O–H groups in total. The first kappa shape index (κ1) is 56.8. The number of fused-ring (bicyclic) bond motifs is 10. The standard InChI is InChI=1S/C68H79NO11/c1-6-66(7-2)27-29-67(30-28-66)60-16-12-11-15-55(60)62-58-47-57(50-13-9-8-10-14-50)61(71-5)48-59(58)64-56(63(62)67)25-26-68(80-64,51-17-21-53(22-18-51)69-31-33-72-34-32-69)52-19-23-54(24-20-52)78-45-43-76-41-39-74-37-35-73-36-38-75-40-42-77-44-46-79-65(70)49(3)4/h8-26,47-48H,3,6-7,27-46H2,1-2,4-5H3. The molecule has 2 fully saturated rings. The molecule has 0 bridgehead atoms. The Bertz CT molecular complexity index is 3060. The zero-order valence-corrected chi connectivity index (χ0v) is 47.3. The Hall–Kier alpha value is -6.51. The molecule has 1 saturated heterocycles. The molecule has 0 amide bonds. The first-order chi connectivity index (χ1) is 39.2. The third kappa shape index (κ3) is 12.1. The van der Waals surface area contributed by atoms with Crippen LogP contribution in [-0.2, 0) is 49.0 Å². The third-order valence-electron chi connectivity index (χ3n) is 17.1. The number of carbonyl (C=O) groups excluding carboxylic acids is 1. The Morgan fingerprint density at radius 3 is 1.81 bits per heavy atom. The van der Waals surface area contributed by atoms with Gasteiger partial charge in [0.25, 0.3) is 0 Å². The molecule has 2 heterocycles. The highest BCUT2D eigenvalue weighted by molar-refractivity contribution is 6.10.